The van der Waals surface area contributed by atoms with E-state index in [4.69, 9.17) is 9.84 Å². The predicted octanol–water partition coefficient (Wildman–Crippen LogP) is 3.20. The summed E-state index contributed by atoms with van der Waals surface area (Å²) >= 11 is 0. The third-order valence-corrected chi connectivity index (χ3v) is 3.56. The van der Waals surface area contributed by atoms with Crippen LogP contribution >= 0.6 is 0 Å². The summed E-state index contributed by atoms with van der Waals surface area (Å²) in [6.45, 7) is 4.36. The van der Waals surface area contributed by atoms with Crippen molar-refractivity contribution < 1.29 is 19.4 Å². The topological polar surface area (TPSA) is 75.6 Å². The van der Waals surface area contributed by atoms with Crippen LogP contribution in [-0.2, 0) is 11.3 Å². The number of benzene rings is 2. The summed E-state index contributed by atoms with van der Waals surface area (Å²) < 4.78 is 5.50. The second-order valence-electron chi connectivity index (χ2n) is 5.80. The Morgan fingerprint density at radius 3 is 2.58 bits per heavy atom. The molecular formula is C19H21NO4. The van der Waals surface area contributed by atoms with Crippen LogP contribution in [0.15, 0.2) is 48.5 Å². The van der Waals surface area contributed by atoms with E-state index >= 15 is 0 Å². The number of carboxylic acids is 1. The third-order valence-electron chi connectivity index (χ3n) is 3.56. The van der Waals surface area contributed by atoms with E-state index in [1.165, 1.54) is 12.1 Å². The lowest BCUT2D eigenvalue weighted by Crippen LogP contribution is -2.28. The van der Waals surface area contributed by atoms with Crippen molar-refractivity contribution in [3.63, 3.8) is 0 Å². The molecular weight excluding hydrogens is 306 g/mol. The number of hydrogen-bond donors (Lipinski definition) is 2. The molecule has 0 spiro atoms. The highest BCUT2D eigenvalue weighted by molar-refractivity contribution is 5.87. The molecule has 0 unspecified atom stereocenters. The first-order valence-electron chi connectivity index (χ1n) is 7.77. The van der Waals surface area contributed by atoms with E-state index in [0.717, 1.165) is 11.1 Å². The first-order chi connectivity index (χ1) is 11.5. The lowest BCUT2D eigenvalue weighted by atomic mass is 10.0. The summed E-state index contributed by atoms with van der Waals surface area (Å²) in [5, 5.41) is 11.7. The normalized spacial score (nSPS) is 10.5. The monoisotopic (exact) mass is 327 g/mol. The van der Waals surface area contributed by atoms with Crippen molar-refractivity contribution in [2.45, 2.75) is 26.3 Å². The van der Waals surface area contributed by atoms with Crippen molar-refractivity contribution in [3.05, 3.63) is 65.2 Å². The van der Waals surface area contributed by atoms with E-state index in [0.29, 0.717) is 11.7 Å². The number of ether oxygens (including phenoxy) is 1. The van der Waals surface area contributed by atoms with Gasteiger partial charge in [-0.25, -0.2) is 4.79 Å². The molecule has 2 rings (SSSR count). The number of carbonyl (C=O) groups excluding carboxylic acids is 1. The van der Waals surface area contributed by atoms with Crippen LogP contribution in [0.3, 0.4) is 0 Å². The van der Waals surface area contributed by atoms with Gasteiger partial charge in [0.1, 0.15) is 5.75 Å². The third kappa shape index (κ3) is 5.12. The van der Waals surface area contributed by atoms with E-state index in [2.05, 4.69) is 19.2 Å². The number of amides is 1. The molecule has 0 heterocycles. The molecule has 2 aromatic carbocycles. The Balaban J connectivity index is 1.84. The molecule has 0 saturated heterocycles. The van der Waals surface area contributed by atoms with Crippen molar-refractivity contribution in [1.82, 2.24) is 5.32 Å². The summed E-state index contributed by atoms with van der Waals surface area (Å²) in [6.07, 6.45) is 0. The van der Waals surface area contributed by atoms with Crippen LogP contribution in [0.2, 0.25) is 0 Å². The average molecular weight is 327 g/mol. The van der Waals surface area contributed by atoms with Gasteiger partial charge in [0.25, 0.3) is 5.91 Å². The highest BCUT2D eigenvalue weighted by atomic mass is 16.5. The number of carbonyl (C=O) groups is 2. The molecule has 0 bridgehead atoms. The quantitative estimate of drug-likeness (QED) is 0.819. The van der Waals surface area contributed by atoms with Crippen LogP contribution in [0, 0.1) is 0 Å². The van der Waals surface area contributed by atoms with Gasteiger partial charge in [-0.05, 0) is 41.3 Å². The van der Waals surface area contributed by atoms with Gasteiger partial charge >= 0.3 is 5.97 Å². The molecule has 0 aromatic heterocycles. The Labute approximate surface area is 141 Å². The molecule has 1 amide bonds. The van der Waals surface area contributed by atoms with Gasteiger partial charge in [-0.15, -0.1) is 0 Å². The van der Waals surface area contributed by atoms with Crippen LogP contribution in [0.1, 0.15) is 41.3 Å². The maximum Gasteiger partial charge on any atom is 0.335 e. The lowest BCUT2D eigenvalue weighted by molar-refractivity contribution is -0.123. The summed E-state index contributed by atoms with van der Waals surface area (Å²) in [5.74, 6) is -0.199. The Morgan fingerprint density at radius 1 is 1.12 bits per heavy atom. The Hall–Kier alpha value is -2.82. The van der Waals surface area contributed by atoms with Gasteiger partial charge in [0.15, 0.2) is 6.61 Å². The van der Waals surface area contributed by atoms with Gasteiger partial charge in [0, 0.05) is 6.54 Å². The van der Waals surface area contributed by atoms with Crippen LogP contribution in [0.5, 0.6) is 5.75 Å². The fraction of sp³-hybridized carbons (Fsp3) is 0.263. The fourth-order valence-electron chi connectivity index (χ4n) is 2.18. The summed E-state index contributed by atoms with van der Waals surface area (Å²) in [7, 11) is 0. The first-order valence-corrected chi connectivity index (χ1v) is 7.77. The number of carboxylic acid groups (broad SMARTS) is 1. The van der Waals surface area contributed by atoms with Crippen LogP contribution in [0.4, 0.5) is 0 Å². The molecule has 5 nitrogen and oxygen atoms in total. The minimum Gasteiger partial charge on any atom is -0.484 e. The zero-order valence-corrected chi connectivity index (χ0v) is 13.8. The van der Waals surface area contributed by atoms with Gasteiger partial charge in [-0.1, -0.05) is 38.1 Å². The van der Waals surface area contributed by atoms with Crippen molar-refractivity contribution >= 4 is 11.9 Å². The van der Waals surface area contributed by atoms with E-state index < -0.39 is 5.97 Å². The van der Waals surface area contributed by atoms with E-state index in [1.807, 2.05) is 24.3 Å². The minimum atomic E-state index is -0.989. The maximum absolute atomic E-state index is 11.9. The highest BCUT2D eigenvalue weighted by Crippen LogP contribution is 2.19. The molecule has 0 aliphatic rings. The zero-order chi connectivity index (χ0) is 17.5. The van der Waals surface area contributed by atoms with Crippen molar-refractivity contribution in [3.8, 4) is 5.75 Å². The molecule has 126 valence electrons. The molecule has 0 aliphatic heterocycles. The molecule has 0 fully saturated rings. The molecule has 0 radical (unpaired) electrons. The summed E-state index contributed by atoms with van der Waals surface area (Å²) in [6, 6.07) is 14.1. The van der Waals surface area contributed by atoms with E-state index in [-0.39, 0.29) is 24.6 Å². The van der Waals surface area contributed by atoms with E-state index in [9.17, 15) is 9.59 Å². The van der Waals surface area contributed by atoms with Gasteiger partial charge in [0.05, 0.1) is 5.56 Å². The molecule has 2 aromatic rings. The second kappa shape index (κ2) is 8.15. The number of hydrogen-bond acceptors (Lipinski definition) is 3. The first kappa shape index (κ1) is 17.5. The number of aromatic carboxylic acids is 1. The van der Waals surface area contributed by atoms with Gasteiger partial charge in [-0.3, -0.25) is 4.79 Å². The number of rotatable bonds is 7. The van der Waals surface area contributed by atoms with Gasteiger partial charge in [-0.2, -0.15) is 0 Å². The fourth-order valence-corrected chi connectivity index (χ4v) is 2.18. The standard InChI is InChI=1S/C19H21NO4/c1-13(2)15-6-4-8-17(10-15)24-12-18(21)20-11-14-5-3-7-16(9-14)19(22)23/h3-10,13H,11-12H2,1-2H3,(H,20,21)(H,22,23). The molecule has 0 atom stereocenters. The summed E-state index contributed by atoms with van der Waals surface area (Å²) in [5.41, 5.74) is 2.08. The Morgan fingerprint density at radius 2 is 1.88 bits per heavy atom. The lowest BCUT2D eigenvalue weighted by Gasteiger charge is -2.10. The SMILES string of the molecule is CC(C)c1cccc(OCC(=O)NCc2cccc(C(=O)O)c2)c1. The Bertz CT molecular complexity index is 725. The largest absolute Gasteiger partial charge is 0.484 e. The molecule has 24 heavy (non-hydrogen) atoms. The molecule has 0 aliphatic carbocycles. The smallest absolute Gasteiger partial charge is 0.335 e. The van der Waals surface area contributed by atoms with Crippen molar-refractivity contribution in [1.29, 1.82) is 0 Å². The Kier molecular flexibility index (Phi) is 5.95. The second-order valence-corrected chi connectivity index (χ2v) is 5.80. The van der Waals surface area contributed by atoms with Crippen LogP contribution in [0.25, 0.3) is 0 Å². The maximum atomic E-state index is 11.9. The van der Waals surface area contributed by atoms with Crippen LogP contribution < -0.4 is 10.1 Å². The van der Waals surface area contributed by atoms with Crippen molar-refractivity contribution in [2.24, 2.45) is 0 Å². The minimum absolute atomic E-state index is 0.0832. The molecule has 5 heteroatoms. The molecule has 0 saturated carbocycles. The predicted molar refractivity (Wildman–Crippen MR) is 91.3 cm³/mol. The van der Waals surface area contributed by atoms with Gasteiger partial charge in [0.2, 0.25) is 0 Å². The van der Waals surface area contributed by atoms with Gasteiger partial charge < -0.3 is 15.2 Å². The van der Waals surface area contributed by atoms with E-state index in [1.54, 1.807) is 12.1 Å². The van der Waals surface area contributed by atoms with Crippen molar-refractivity contribution in [2.75, 3.05) is 6.61 Å². The highest BCUT2D eigenvalue weighted by Gasteiger charge is 2.07. The van der Waals surface area contributed by atoms with Crippen LogP contribution in [-0.4, -0.2) is 23.6 Å². The average Bonchev–Trinajstić information content (AvgIpc) is 2.58. The number of nitrogens with one attached hydrogen (secondary N) is 1. The summed E-state index contributed by atoms with van der Waals surface area (Å²) in [4.78, 5) is 22.8. The molecule has 2 N–H and O–H groups in total. The zero-order valence-electron chi connectivity index (χ0n) is 13.8.